The van der Waals surface area contributed by atoms with E-state index in [2.05, 4.69) is 76.3 Å². The predicted octanol–water partition coefficient (Wildman–Crippen LogP) is 15.8. The summed E-state index contributed by atoms with van der Waals surface area (Å²) in [6.07, 6.45) is 51.6. The Hall–Kier alpha value is -1.95. The van der Waals surface area contributed by atoms with Gasteiger partial charge in [0, 0.05) is 0 Å². The van der Waals surface area contributed by atoms with Gasteiger partial charge in [0.25, 0.3) is 10.1 Å². The molecular formula is C50H86O4S. The summed E-state index contributed by atoms with van der Waals surface area (Å²) in [6.45, 7) is 8.84. The Kier molecular flexibility index (Phi) is 32.7. The Morgan fingerprint density at radius 3 is 1.29 bits per heavy atom. The zero-order valence-corrected chi connectivity index (χ0v) is 37.1. The zero-order chi connectivity index (χ0) is 40.1. The number of benzene rings is 1. The van der Waals surface area contributed by atoms with E-state index in [9.17, 15) is 13.5 Å². The molecule has 0 heterocycles. The lowest BCUT2D eigenvalue weighted by atomic mass is 9.85. The third kappa shape index (κ3) is 29.9. The SMILES string of the molecule is CCCCC/C=C\C/C=C\CCCCCCCCC(O)(CCCCCCCC/C=C\C/C=C\CCCCC)CCCCOS(=O)(=O)c1ccc(C(C)C)cc1. The molecule has 5 heteroatoms. The van der Waals surface area contributed by atoms with E-state index in [4.69, 9.17) is 4.18 Å². The molecule has 0 fully saturated rings. The van der Waals surface area contributed by atoms with Crippen molar-refractivity contribution in [1.82, 2.24) is 0 Å². The predicted molar refractivity (Wildman–Crippen MR) is 240 cm³/mol. The minimum Gasteiger partial charge on any atom is -0.390 e. The highest BCUT2D eigenvalue weighted by molar-refractivity contribution is 7.86. The Morgan fingerprint density at radius 1 is 0.527 bits per heavy atom. The molecule has 1 N–H and O–H groups in total. The maximum atomic E-state index is 12.7. The van der Waals surface area contributed by atoms with Crippen LogP contribution in [0.15, 0.2) is 77.8 Å². The van der Waals surface area contributed by atoms with Crippen molar-refractivity contribution < 1.29 is 17.7 Å². The Morgan fingerprint density at radius 2 is 0.891 bits per heavy atom. The molecule has 0 radical (unpaired) electrons. The minimum atomic E-state index is -3.77. The van der Waals surface area contributed by atoms with E-state index in [0.717, 1.165) is 50.5 Å². The summed E-state index contributed by atoms with van der Waals surface area (Å²) in [5.74, 6) is 0.349. The topological polar surface area (TPSA) is 63.6 Å². The fourth-order valence-electron chi connectivity index (χ4n) is 7.07. The molecule has 0 aliphatic rings. The number of hydrogen-bond donors (Lipinski definition) is 1. The van der Waals surface area contributed by atoms with Gasteiger partial charge < -0.3 is 5.11 Å². The molecule has 55 heavy (non-hydrogen) atoms. The summed E-state index contributed by atoms with van der Waals surface area (Å²) in [5.41, 5.74) is 0.439. The van der Waals surface area contributed by atoms with E-state index >= 15 is 0 Å². The Balaban J connectivity index is 2.38. The molecule has 0 spiro atoms. The van der Waals surface area contributed by atoms with E-state index in [1.807, 2.05) is 12.1 Å². The first-order valence-corrected chi connectivity index (χ1v) is 24.5. The van der Waals surface area contributed by atoms with Gasteiger partial charge in [0.2, 0.25) is 0 Å². The molecule has 0 saturated carbocycles. The van der Waals surface area contributed by atoms with Gasteiger partial charge in [-0.25, -0.2) is 0 Å². The summed E-state index contributed by atoms with van der Waals surface area (Å²) in [6, 6.07) is 7.01. The summed E-state index contributed by atoms with van der Waals surface area (Å²) >= 11 is 0. The van der Waals surface area contributed by atoms with Crippen LogP contribution in [0.2, 0.25) is 0 Å². The maximum absolute atomic E-state index is 12.7. The molecule has 0 unspecified atom stereocenters. The molecule has 1 aromatic carbocycles. The Labute approximate surface area is 341 Å². The van der Waals surface area contributed by atoms with E-state index in [1.165, 1.54) is 128 Å². The maximum Gasteiger partial charge on any atom is 0.296 e. The van der Waals surface area contributed by atoms with Crippen LogP contribution >= 0.6 is 0 Å². The first-order chi connectivity index (χ1) is 26.7. The number of hydrogen-bond acceptors (Lipinski definition) is 4. The molecule has 4 nitrogen and oxygen atoms in total. The molecule has 0 aliphatic carbocycles. The largest absolute Gasteiger partial charge is 0.390 e. The number of unbranched alkanes of at least 4 members (excludes halogenated alkanes) is 19. The number of allylic oxidation sites excluding steroid dienone is 8. The fourth-order valence-corrected chi connectivity index (χ4v) is 8.01. The summed E-state index contributed by atoms with van der Waals surface area (Å²) in [5, 5.41) is 11.8. The van der Waals surface area contributed by atoms with Crippen molar-refractivity contribution in [1.29, 1.82) is 0 Å². The van der Waals surface area contributed by atoms with Crippen molar-refractivity contribution in [2.24, 2.45) is 0 Å². The highest BCUT2D eigenvalue weighted by Crippen LogP contribution is 2.29. The minimum absolute atomic E-state index is 0.153. The van der Waals surface area contributed by atoms with Crippen LogP contribution < -0.4 is 0 Å². The van der Waals surface area contributed by atoms with Gasteiger partial charge >= 0.3 is 0 Å². The first kappa shape index (κ1) is 51.1. The molecular weight excluding hydrogens is 697 g/mol. The standard InChI is InChI=1S/C50H86O4S/c1-5-7-9-11-13-15-17-19-21-23-25-27-29-31-33-35-43-50(51,44-36-34-32-30-28-26-24-22-20-18-16-14-12-10-8-6-2)45-37-38-46-54-55(52,53)49-41-39-48(40-42-49)47(3)4/h13-16,19-22,39-42,47,51H,5-12,17-18,23-38,43-46H2,1-4H3/b15-13-,16-14-,21-19-,22-20-. The Bertz CT molecular complexity index is 1180. The molecule has 316 valence electrons. The molecule has 1 aromatic rings. The quantitative estimate of drug-likeness (QED) is 0.0412. The number of aliphatic hydroxyl groups is 1. The van der Waals surface area contributed by atoms with E-state index < -0.39 is 15.7 Å². The van der Waals surface area contributed by atoms with E-state index in [-0.39, 0.29) is 11.5 Å². The van der Waals surface area contributed by atoms with Gasteiger partial charge in [-0.05, 0) is 120 Å². The average molecular weight is 783 g/mol. The van der Waals surface area contributed by atoms with Crippen molar-refractivity contribution in [2.75, 3.05) is 6.61 Å². The second kappa shape index (κ2) is 35.2. The molecule has 0 aliphatic heterocycles. The van der Waals surface area contributed by atoms with Crippen molar-refractivity contribution in [3.63, 3.8) is 0 Å². The second-order valence-corrected chi connectivity index (χ2v) is 18.0. The van der Waals surface area contributed by atoms with E-state index in [0.29, 0.717) is 18.8 Å². The van der Waals surface area contributed by atoms with Gasteiger partial charge in [-0.2, -0.15) is 8.42 Å². The van der Waals surface area contributed by atoms with Gasteiger partial charge in [-0.3, -0.25) is 4.18 Å². The summed E-state index contributed by atoms with van der Waals surface area (Å²) < 4.78 is 30.9. The normalized spacial score (nSPS) is 12.9. The second-order valence-electron chi connectivity index (χ2n) is 16.3. The van der Waals surface area contributed by atoms with Crippen molar-refractivity contribution >= 4 is 10.1 Å². The zero-order valence-electron chi connectivity index (χ0n) is 36.3. The van der Waals surface area contributed by atoms with Crippen LogP contribution in [0.3, 0.4) is 0 Å². The van der Waals surface area contributed by atoms with Crippen molar-refractivity contribution in [3.8, 4) is 0 Å². The third-order valence-corrected chi connectivity index (χ3v) is 12.1. The highest BCUT2D eigenvalue weighted by atomic mass is 32.2. The lowest BCUT2D eigenvalue weighted by Gasteiger charge is -2.28. The van der Waals surface area contributed by atoms with Crippen LogP contribution in [0.4, 0.5) is 0 Å². The van der Waals surface area contributed by atoms with Gasteiger partial charge in [0.1, 0.15) is 0 Å². The molecule has 0 bridgehead atoms. The third-order valence-electron chi connectivity index (χ3n) is 10.8. The smallest absolute Gasteiger partial charge is 0.296 e. The molecule has 0 saturated heterocycles. The molecule has 0 amide bonds. The van der Waals surface area contributed by atoms with Crippen LogP contribution in [0, 0.1) is 0 Å². The van der Waals surface area contributed by atoms with Crippen LogP contribution in [0.5, 0.6) is 0 Å². The van der Waals surface area contributed by atoms with Crippen LogP contribution in [-0.2, 0) is 14.3 Å². The van der Waals surface area contributed by atoms with Crippen LogP contribution in [0.25, 0.3) is 0 Å². The van der Waals surface area contributed by atoms with Crippen LogP contribution in [0.1, 0.15) is 225 Å². The van der Waals surface area contributed by atoms with Gasteiger partial charge in [-0.1, -0.05) is 178 Å². The average Bonchev–Trinajstić information content (AvgIpc) is 3.17. The molecule has 0 aromatic heterocycles. The fraction of sp³-hybridized carbons (Fsp3) is 0.720. The summed E-state index contributed by atoms with van der Waals surface area (Å²) in [4.78, 5) is 0.211. The molecule has 1 rings (SSSR count). The van der Waals surface area contributed by atoms with Crippen LogP contribution in [-0.4, -0.2) is 25.7 Å². The lowest BCUT2D eigenvalue weighted by molar-refractivity contribution is 0.00656. The monoisotopic (exact) mass is 783 g/mol. The van der Waals surface area contributed by atoms with Gasteiger partial charge in [-0.15, -0.1) is 0 Å². The van der Waals surface area contributed by atoms with Crippen molar-refractivity contribution in [2.45, 2.75) is 230 Å². The number of rotatable bonds is 38. The molecule has 0 atom stereocenters. The van der Waals surface area contributed by atoms with Crippen molar-refractivity contribution in [3.05, 3.63) is 78.4 Å². The van der Waals surface area contributed by atoms with E-state index in [1.54, 1.807) is 12.1 Å². The summed E-state index contributed by atoms with van der Waals surface area (Å²) in [7, 11) is -3.77. The highest BCUT2D eigenvalue weighted by Gasteiger charge is 2.25. The van der Waals surface area contributed by atoms with Gasteiger partial charge in [0.05, 0.1) is 17.1 Å². The van der Waals surface area contributed by atoms with Gasteiger partial charge in [0.15, 0.2) is 0 Å². The first-order valence-electron chi connectivity index (χ1n) is 23.1. The lowest BCUT2D eigenvalue weighted by Crippen LogP contribution is -2.28.